The van der Waals surface area contributed by atoms with Gasteiger partial charge in [0, 0.05) is 6.42 Å². The number of hydrogen-bond acceptors (Lipinski definition) is 10. The first-order chi connectivity index (χ1) is 14.5. The Morgan fingerprint density at radius 3 is 2.23 bits per heavy atom. The van der Waals surface area contributed by atoms with Crippen molar-refractivity contribution >= 4 is 24.6 Å². The minimum atomic E-state index is -1.21. The molecule has 0 aromatic carbocycles. The molecular weight excluding hydrogens is 400 g/mol. The predicted octanol–water partition coefficient (Wildman–Crippen LogP) is 4.42. The molecule has 0 spiro atoms. The summed E-state index contributed by atoms with van der Waals surface area (Å²) in [7, 11) is 0. The van der Waals surface area contributed by atoms with Crippen LogP contribution in [-0.2, 0) is 28.4 Å². The SMILES string of the molecule is O=C1OC(=O)OC2CC3OC(=O)OC(=O)OC3CCC(/C3=C/CCCCCC3)=C2O1. The zero-order valence-electron chi connectivity index (χ0n) is 16.3. The first kappa shape index (κ1) is 20.2. The lowest BCUT2D eigenvalue weighted by molar-refractivity contribution is -0.0234. The molecule has 0 radical (unpaired) electrons. The Bertz CT molecular complexity index is 810. The van der Waals surface area contributed by atoms with E-state index in [4.69, 9.17) is 18.9 Å². The summed E-state index contributed by atoms with van der Waals surface area (Å²) in [4.78, 5) is 47.2. The maximum absolute atomic E-state index is 12.0. The molecule has 4 rings (SSSR count). The van der Waals surface area contributed by atoms with E-state index < -0.39 is 42.9 Å². The maximum atomic E-state index is 12.0. The van der Waals surface area contributed by atoms with Crippen molar-refractivity contribution in [2.45, 2.75) is 76.1 Å². The third-order valence-electron chi connectivity index (χ3n) is 5.57. The molecule has 0 N–H and O–H groups in total. The molecule has 4 aliphatic rings. The Morgan fingerprint density at radius 1 is 0.700 bits per heavy atom. The number of carbonyl (C=O) groups is 4. The third-order valence-corrected chi connectivity index (χ3v) is 5.57. The fourth-order valence-electron chi connectivity index (χ4n) is 4.21. The van der Waals surface area contributed by atoms with Gasteiger partial charge in [0.25, 0.3) is 0 Å². The third kappa shape index (κ3) is 4.58. The number of ether oxygens (including phenoxy) is 6. The smallest absolute Gasteiger partial charge is 0.427 e. The Kier molecular flexibility index (Phi) is 5.91. The van der Waals surface area contributed by atoms with Gasteiger partial charge in [0.05, 0.1) is 0 Å². The Hall–Kier alpha value is -3.04. The lowest BCUT2D eigenvalue weighted by atomic mass is 9.86. The van der Waals surface area contributed by atoms with Gasteiger partial charge < -0.3 is 28.4 Å². The van der Waals surface area contributed by atoms with Gasteiger partial charge in [0.2, 0.25) is 0 Å². The van der Waals surface area contributed by atoms with E-state index in [0.717, 1.165) is 49.7 Å². The number of allylic oxidation sites excluding steroid dienone is 3. The maximum Gasteiger partial charge on any atom is 0.523 e. The van der Waals surface area contributed by atoms with Gasteiger partial charge in [-0.25, -0.2) is 19.2 Å². The summed E-state index contributed by atoms with van der Waals surface area (Å²) in [5, 5.41) is 0. The molecule has 3 unspecified atom stereocenters. The van der Waals surface area contributed by atoms with Gasteiger partial charge in [-0.05, 0) is 49.7 Å². The average Bonchev–Trinajstić information content (AvgIpc) is 2.86. The fraction of sp³-hybridized carbons (Fsp3) is 0.600. The highest BCUT2D eigenvalue weighted by atomic mass is 16.8. The summed E-state index contributed by atoms with van der Waals surface area (Å²) in [6.45, 7) is 0. The van der Waals surface area contributed by atoms with Crippen molar-refractivity contribution in [3.05, 3.63) is 23.0 Å². The predicted molar refractivity (Wildman–Crippen MR) is 96.1 cm³/mol. The van der Waals surface area contributed by atoms with Crippen molar-refractivity contribution in [2.75, 3.05) is 0 Å². The minimum absolute atomic E-state index is 0.0818. The standard InChI is InChI=1S/C20H22O10/c21-17-25-13-9-8-12(11-6-4-2-1-3-5-7-11)16-15(10-14(13)26-18(22)29-17)27-19(23)30-20(24)28-16/h6,13-15H,1-5,7-10H2/b11-6+,16-12?. The summed E-state index contributed by atoms with van der Waals surface area (Å²) in [6, 6.07) is 0. The van der Waals surface area contributed by atoms with Crippen LogP contribution in [0.3, 0.4) is 0 Å². The van der Waals surface area contributed by atoms with Crippen molar-refractivity contribution in [1.29, 1.82) is 0 Å². The van der Waals surface area contributed by atoms with Crippen LogP contribution in [0.4, 0.5) is 19.2 Å². The Morgan fingerprint density at radius 2 is 1.40 bits per heavy atom. The van der Waals surface area contributed by atoms with Crippen molar-refractivity contribution in [3.8, 4) is 0 Å². The second-order valence-electron chi connectivity index (χ2n) is 7.52. The highest BCUT2D eigenvalue weighted by Gasteiger charge is 2.43. The number of fused-ring (bicyclic) bond motifs is 2. The summed E-state index contributed by atoms with van der Waals surface area (Å²) in [5.41, 5.74) is 1.73. The molecule has 0 aromatic rings. The van der Waals surface area contributed by atoms with Gasteiger partial charge >= 0.3 is 24.6 Å². The second-order valence-corrected chi connectivity index (χ2v) is 7.52. The van der Waals surface area contributed by atoms with E-state index in [9.17, 15) is 19.2 Å². The molecule has 0 saturated carbocycles. The number of cyclic esters (lactones) is 4. The highest BCUT2D eigenvalue weighted by molar-refractivity contribution is 5.79. The van der Waals surface area contributed by atoms with Crippen LogP contribution in [0.2, 0.25) is 0 Å². The van der Waals surface area contributed by atoms with E-state index in [-0.39, 0.29) is 12.2 Å². The van der Waals surface area contributed by atoms with E-state index in [0.29, 0.717) is 12.8 Å². The van der Waals surface area contributed by atoms with Crippen molar-refractivity contribution in [2.24, 2.45) is 0 Å². The largest absolute Gasteiger partial charge is 0.523 e. The Balaban J connectivity index is 1.73. The van der Waals surface area contributed by atoms with Crippen LogP contribution in [0.15, 0.2) is 23.0 Å². The molecule has 2 saturated heterocycles. The van der Waals surface area contributed by atoms with E-state index in [2.05, 4.69) is 15.5 Å². The van der Waals surface area contributed by atoms with Crippen molar-refractivity contribution < 1.29 is 47.6 Å². The lowest BCUT2D eigenvalue weighted by Crippen LogP contribution is -2.38. The zero-order chi connectivity index (χ0) is 21.1. The lowest BCUT2D eigenvalue weighted by Gasteiger charge is -2.30. The number of hydrogen-bond donors (Lipinski definition) is 0. The molecule has 2 aliphatic carbocycles. The molecule has 3 atom stereocenters. The number of carbonyl (C=O) groups excluding carboxylic acids is 4. The molecule has 10 heteroatoms. The van der Waals surface area contributed by atoms with Gasteiger partial charge in [-0.3, -0.25) is 0 Å². The van der Waals surface area contributed by atoms with Gasteiger partial charge in [-0.1, -0.05) is 18.9 Å². The number of rotatable bonds is 1. The summed E-state index contributed by atoms with van der Waals surface area (Å²) in [6.07, 6.45) is 1.12. The highest BCUT2D eigenvalue weighted by Crippen LogP contribution is 2.37. The quantitative estimate of drug-likeness (QED) is 0.341. The Labute approximate surface area is 172 Å². The molecule has 2 aliphatic heterocycles. The summed E-state index contributed by atoms with van der Waals surface area (Å²) in [5.74, 6) is 0.170. The molecule has 2 fully saturated rings. The van der Waals surface area contributed by atoms with Crippen LogP contribution in [0.25, 0.3) is 0 Å². The van der Waals surface area contributed by atoms with Crippen LogP contribution >= 0.6 is 0 Å². The van der Waals surface area contributed by atoms with Crippen LogP contribution in [-0.4, -0.2) is 42.9 Å². The van der Waals surface area contributed by atoms with Crippen LogP contribution in [0, 0.1) is 0 Å². The minimum Gasteiger partial charge on any atom is -0.427 e. The second kappa shape index (κ2) is 8.76. The van der Waals surface area contributed by atoms with E-state index in [1.54, 1.807) is 0 Å². The normalized spacial score (nSPS) is 32.1. The molecule has 0 bridgehead atoms. The van der Waals surface area contributed by atoms with Gasteiger partial charge in [0.15, 0.2) is 11.9 Å². The van der Waals surface area contributed by atoms with E-state index in [1.807, 2.05) is 0 Å². The molecule has 30 heavy (non-hydrogen) atoms. The first-order valence-corrected chi connectivity index (χ1v) is 10.1. The zero-order valence-corrected chi connectivity index (χ0v) is 16.3. The van der Waals surface area contributed by atoms with Gasteiger partial charge in [-0.2, -0.15) is 0 Å². The average molecular weight is 422 g/mol. The topological polar surface area (TPSA) is 124 Å². The monoisotopic (exact) mass is 422 g/mol. The molecule has 2 heterocycles. The molecular formula is C20H22O10. The molecule has 162 valence electrons. The van der Waals surface area contributed by atoms with E-state index >= 15 is 0 Å². The molecule has 0 aromatic heterocycles. The van der Waals surface area contributed by atoms with Crippen LogP contribution < -0.4 is 0 Å². The van der Waals surface area contributed by atoms with Gasteiger partial charge in [0.1, 0.15) is 12.2 Å². The molecule has 10 nitrogen and oxygen atoms in total. The van der Waals surface area contributed by atoms with Gasteiger partial charge in [-0.15, -0.1) is 0 Å². The fourth-order valence-corrected chi connectivity index (χ4v) is 4.21. The van der Waals surface area contributed by atoms with Crippen molar-refractivity contribution in [3.63, 3.8) is 0 Å². The van der Waals surface area contributed by atoms with Crippen molar-refractivity contribution in [1.82, 2.24) is 0 Å². The molecule has 0 amide bonds. The van der Waals surface area contributed by atoms with E-state index in [1.165, 1.54) is 0 Å². The van der Waals surface area contributed by atoms with Crippen LogP contribution in [0.1, 0.15) is 57.8 Å². The first-order valence-electron chi connectivity index (χ1n) is 10.1. The van der Waals surface area contributed by atoms with Crippen LogP contribution in [0.5, 0.6) is 0 Å². The summed E-state index contributed by atoms with van der Waals surface area (Å²) >= 11 is 0. The summed E-state index contributed by atoms with van der Waals surface area (Å²) < 4.78 is 29.9.